The van der Waals surface area contributed by atoms with E-state index < -0.39 is 12.2 Å². The summed E-state index contributed by atoms with van der Waals surface area (Å²) in [6.07, 6.45) is 0.389. The van der Waals surface area contributed by atoms with E-state index in [0.29, 0.717) is 30.8 Å². The Morgan fingerprint density at radius 2 is 1.69 bits per heavy atom. The number of fused-ring (bicyclic) bond motifs is 3. The van der Waals surface area contributed by atoms with Crippen molar-refractivity contribution >= 4 is 17.9 Å². The van der Waals surface area contributed by atoms with E-state index in [4.69, 9.17) is 4.74 Å². The second-order valence-corrected chi connectivity index (χ2v) is 9.52. The van der Waals surface area contributed by atoms with Crippen LogP contribution < -0.4 is 9.64 Å². The van der Waals surface area contributed by atoms with Gasteiger partial charge in [0.25, 0.3) is 5.91 Å². The van der Waals surface area contributed by atoms with Crippen molar-refractivity contribution in [2.24, 2.45) is 5.92 Å². The molecule has 2 unspecified atom stereocenters. The molecule has 3 heterocycles. The molecule has 2 aromatic carbocycles. The number of carbonyl (C=O) groups is 2. The van der Waals surface area contributed by atoms with Crippen molar-refractivity contribution < 1.29 is 14.3 Å². The highest BCUT2D eigenvalue weighted by Crippen LogP contribution is 2.42. The summed E-state index contributed by atoms with van der Waals surface area (Å²) >= 11 is 0. The molecule has 0 bridgehead atoms. The molecule has 2 aliphatic heterocycles. The molecule has 9 heteroatoms. The van der Waals surface area contributed by atoms with E-state index in [1.54, 1.807) is 11.9 Å². The largest absolute Gasteiger partial charge is 0.489 e. The molecule has 0 saturated carbocycles. The van der Waals surface area contributed by atoms with Crippen molar-refractivity contribution in [1.82, 2.24) is 24.6 Å². The zero-order valence-electron chi connectivity index (χ0n) is 20.5. The number of anilines is 1. The maximum absolute atomic E-state index is 13.2. The molecule has 1 fully saturated rings. The third-order valence-corrected chi connectivity index (χ3v) is 6.69. The lowest BCUT2D eigenvalue weighted by Crippen LogP contribution is -2.61. The Hall–Kier alpha value is -3.88. The summed E-state index contributed by atoms with van der Waals surface area (Å²) in [7, 11) is 3.26. The molecule has 0 radical (unpaired) electrons. The van der Waals surface area contributed by atoms with E-state index in [-0.39, 0.29) is 11.9 Å². The molecule has 2 aliphatic rings. The van der Waals surface area contributed by atoms with Gasteiger partial charge in [-0.25, -0.2) is 4.79 Å². The smallest absolute Gasteiger partial charge is 0.327 e. The molecule has 2 atom stereocenters. The molecule has 9 nitrogen and oxygen atoms in total. The molecule has 0 aliphatic carbocycles. The Labute approximate surface area is 204 Å². The molecule has 1 saturated heterocycles. The first-order valence-electron chi connectivity index (χ1n) is 11.9. The van der Waals surface area contributed by atoms with E-state index in [1.165, 1.54) is 11.9 Å². The first-order valence-corrected chi connectivity index (χ1v) is 11.9. The summed E-state index contributed by atoms with van der Waals surface area (Å²) in [5, 5.41) is 8.94. The number of imide groups is 1. The summed E-state index contributed by atoms with van der Waals surface area (Å²) in [4.78, 5) is 30.8. The van der Waals surface area contributed by atoms with E-state index >= 15 is 0 Å². The van der Waals surface area contributed by atoms with Gasteiger partial charge in [0.05, 0.1) is 0 Å². The van der Waals surface area contributed by atoms with Gasteiger partial charge in [0.15, 0.2) is 11.9 Å². The maximum atomic E-state index is 13.2. The Morgan fingerprint density at radius 3 is 2.37 bits per heavy atom. The van der Waals surface area contributed by atoms with Gasteiger partial charge in [-0.2, -0.15) is 0 Å². The minimum Gasteiger partial charge on any atom is -0.489 e. The first kappa shape index (κ1) is 22.9. The minimum absolute atomic E-state index is 0.219. The van der Waals surface area contributed by atoms with Crippen LogP contribution in [0.15, 0.2) is 54.6 Å². The number of hydrogen-bond acceptors (Lipinski definition) is 6. The number of carbonyl (C=O) groups excluding carboxylic acids is 2. The quantitative estimate of drug-likeness (QED) is 0.518. The number of amides is 3. The van der Waals surface area contributed by atoms with Gasteiger partial charge >= 0.3 is 6.03 Å². The van der Waals surface area contributed by atoms with Crippen LogP contribution in [0.1, 0.15) is 32.0 Å². The van der Waals surface area contributed by atoms with Gasteiger partial charge < -0.3 is 14.5 Å². The van der Waals surface area contributed by atoms with Crippen LogP contribution in [0.3, 0.4) is 0 Å². The average molecular weight is 475 g/mol. The monoisotopic (exact) mass is 474 g/mol. The van der Waals surface area contributed by atoms with E-state index in [2.05, 4.69) is 24.0 Å². The van der Waals surface area contributed by atoms with E-state index in [0.717, 1.165) is 23.3 Å². The number of benzene rings is 2. The molecule has 3 amide bonds. The molecule has 3 aromatic rings. The van der Waals surface area contributed by atoms with Crippen LogP contribution in [-0.2, 0) is 11.4 Å². The van der Waals surface area contributed by atoms with Gasteiger partial charge in [0.2, 0.25) is 5.95 Å². The van der Waals surface area contributed by atoms with Crippen molar-refractivity contribution in [2.45, 2.75) is 39.1 Å². The van der Waals surface area contributed by atoms with Gasteiger partial charge in [-0.1, -0.05) is 44.2 Å². The van der Waals surface area contributed by atoms with E-state index in [9.17, 15) is 9.59 Å². The number of nitrogens with zero attached hydrogens (tertiary/aromatic N) is 6. The summed E-state index contributed by atoms with van der Waals surface area (Å²) in [6, 6.07) is 16.8. The summed E-state index contributed by atoms with van der Waals surface area (Å²) in [5.74, 6) is 2.22. The Balaban J connectivity index is 1.45. The van der Waals surface area contributed by atoms with Crippen molar-refractivity contribution in [3.63, 3.8) is 0 Å². The standard InChI is InChI=1S/C26H30N6O3/c1-17(2)14-15-31-21-23(29(3)26(34)30(4)24(21)33)32-22(27-28-25(31)32)19-10-12-20(13-11-19)35-16-18-8-6-5-7-9-18/h5-13,17,21,23H,14-16H2,1-4H3. The highest BCUT2D eigenvalue weighted by molar-refractivity contribution is 6.02. The molecular formula is C26H30N6O3. The highest BCUT2D eigenvalue weighted by atomic mass is 16.5. The first-order chi connectivity index (χ1) is 16.9. The molecule has 0 spiro atoms. The number of hydrogen-bond donors (Lipinski definition) is 0. The van der Waals surface area contributed by atoms with Crippen LogP contribution in [0.2, 0.25) is 0 Å². The van der Waals surface area contributed by atoms with Crippen molar-refractivity contribution in [3.8, 4) is 17.1 Å². The number of aromatic nitrogens is 3. The SMILES string of the molecule is CC(C)CCN1c2nnc(-c3ccc(OCc4ccccc4)cc3)n2C2C1C(=O)N(C)C(=O)N2C. The molecule has 1 aromatic heterocycles. The van der Waals surface area contributed by atoms with Crippen LogP contribution in [0.4, 0.5) is 10.7 Å². The van der Waals surface area contributed by atoms with Crippen LogP contribution >= 0.6 is 0 Å². The maximum Gasteiger partial charge on any atom is 0.327 e. The van der Waals surface area contributed by atoms with Crippen molar-refractivity contribution in [3.05, 3.63) is 60.2 Å². The zero-order valence-corrected chi connectivity index (χ0v) is 20.5. The summed E-state index contributed by atoms with van der Waals surface area (Å²) in [6.45, 7) is 5.44. The fraction of sp³-hybridized carbons (Fsp3) is 0.385. The van der Waals surface area contributed by atoms with Gasteiger partial charge in [0.1, 0.15) is 18.5 Å². The molecule has 0 N–H and O–H groups in total. The van der Waals surface area contributed by atoms with Gasteiger partial charge in [-0.15, -0.1) is 10.2 Å². The normalized spacial score (nSPS) is 19.4. The minimum atomic E-state index is -0.529. The van der Waals surface area contributed by atoms with Gasteiger partial charge in [-0.05, 0) is 42.2 Å². The zero-order chi connectivity index (χ0) is 24.7. The number of ether oxygens (including phenoxy) is 1. The molecule has 35 heavy (non-hydrogen) atoms. The molecule has 5 rings (SSSR count). The van der Waals surface area contributed by atoms with Crippen LogP contribution in [0, 0.1) is 5.92 Å². The number of likely N-dealkylation sites (N-methyl/N-ethyl adjacent to an activating group) is 2. The summed E-state index contributed by atoms with van der Waals surface area (Å²) < 4.78 is 7.84. The fourth-order valence-electron chi connectivity index (χ4n) is 4.71. The third kappa shape index (κ3) is 4.00. The Kier molecular flexibility index (Phi) is 5.92. The van der Waals surface area contributed by atoms with E-state index in [1.807, 2.05) is 64.1 Å². The van der Waals surface area contributed by atoms with Gasteiger partial charge in [0, 0.05) is 26.2 Å². The molecular weight excluding hydrogens is 444 g/mol. The lowest BCUT2D eigenvalue weighted by molar-refractivity contribution is -0.133. The third-order valence-electron chi connectivity index (χ3n) is 6.69. The Bertz CT molecular complexity index is 1220. The summed E-state index contributed by atoms with van der Waals surface area (Å²) in [5.41, 5.74) is 1.94. The highest BCUT2D eigenvalue weighted by Gasteiger charge is 2.54. The lowest BCUT2D eigenvalue weighted by atomic mass is 10.1. The van der Waals surface area contributed by atoms with Crippen molar-refractivity contribution in [1.29, 1.82) is 0 Å². The predicted molar refractivity (Wildman–Crippen MR) is 132 cm³/mol. The van der Waals surface area contributed by atoms with Crippen LogP contribution in [-0.4, -0.2) is 63.2 Å². The second kappa shape index (κ2) is 9.05. The molecule has 182 valence electrons. The number of urea groups is 1. The predicted octanol–water partition coefficient (Wildman–Crippen LogP) is 3.78. The fourth-order valence-corrected chi connectivity index (χ4v) is 4.71. The average Bonchev–Trinajstić information content (AvgIpc) is 3.43. The van der Waals surface area contributed by atoms with Crippen molar-refractivity contribution in [2.75, 3.05) is 25.5 Å². The van der Waals surface area contributed by atoms with Crippen LogP contribution in [0.5, 0.6) is 5.75 Å². The topological polar surface area (TPSA) is 83.8 Å². The van der Waals surface area contributed by atoms with Gasteiger partial charge in [-0.3, -0.25) is 14.3 Å². The lowest BCUT2D eigenvalue weighted by Gasteiger charge is -2.40. The second-order valence-electron chi connectivity index (χ2n) is 9.52. The number of rotatable bonds is 7. The Morgan fingerprint density at radius 1 is 0.971 bits per heavy atom. The van der Waals surface area contributed by atoms with Crippen LogP contribution in [0.25, 0.3) is 11.4 Å².